The first-order chi connectivity index (χ1) is 15.6. The van der Waals surface area contributed by atoms with Gasteiger partial charge in [0.1, 0.15) is 6.09 Å². The zero-order chi connectivity index (χ0) is 26.2. The SMILES string of the molecule is C1=CCC2C(=C1)N=Cc1ccccc12.CC(C)(C)CC(C)(C)NC(=O)[O-].CCC(C)(C)C(=O)[O-].N.[Pt+2]. The summed E-state index contributed by atoms with van der Waals surface area (Å²) in [4.78, 5) is 24.9. The third-order valence-corrected chi connectivity index (χ3v) is 5.71. The number of aliphatic carboxylic acids is 1. The summed E-state index contributed by atoms with van der Waals surface area (Å²) in [6, 6.07) is 8.51. The number of hydrogen-bond donors (Lipinski definition) is 2. The van der Waals surface area contributed by atoms with Crippen LogP contribution in [0.25, 0.3) is 0 Å². The molecule has 1 aromatic carbocycles. The standard InChI is InChI=1S/C13H11N.C9H19NO2.C6H12O2.H3N.Pt/c1-2-6-11-10(5-1)9-14-13-8-4-3-7-12(11)13;1-8(2,3)6-9(4,5)10-7(11)12;1-4-6(2,3)5(7)8;;/h1-6,8-9,12H,7H2;10H,6H2,1-5H3,(H,11,12);4H2,1-3H3,(H,7,8);1H3;/q;;;;+2/p-2. The van der Waals surface area contributed by atoms with Crippen molar-refractivity contribution in [1.29, 1.82) is 0 Å². The Morgan fingerprint density at radius 2 is 1.64 bits per heavy atom. The van der Waals surface area contributed by atoms with Gasteiger partial charge in [-0.2, -0.15) is 0 Å². The molecule has 1 aliphatic carbocycles. The summed E-state index contributed by atoms with van der Waals surface area (Å²) in [6.45, 7) is 15.1. The van der Waals surface area contributed by atoms with E-state index in [1.54, 1.807) is 13.8 Å². The fourth-order valence-electron chi connectivity index (χ4n) is 3.92. The molecule has 0 saturated heterocycles. The number of nitrogens with one attached hydrogen (secondary N) is 1. The van der Waals surface area contributed by atoms with E-state index < -0.39 is 23.0 Å². The molecule has 0 saturated carbocycles. The molecule has 0 aromatic heterocycles. The van der Waals surface area contributed by atoms with Crippen LogP contribution in [0.4, 0.5) is 4.79 Å². The Balaban J connectivity index is 0. The van der Waals surface area contributed by atoms with Gasteiger partial charge in [-0.3, -0.25) is 4.99 Å². The molecule has 204 valence electrons. The van der Waals surface area contributed by atoms with Crippen LogP contribution >= 0.6 is 0 Å². The Morgan fingerprint density at radius 3 is 2.11 bits per heavy atom. The monoisotopic (exact) mass is 680 g/mol. The van der Waals surface area contributed by atoms with Gasteiger partial charge in [-0.25, -0.2) is 0 Å². The molecule has 3 rings (SSSR count). The van der Waals surface area contributed by atoms with Gasteiger partial charge in [0.25, 0.3) is 0 Å². The van der Waals surface area contributed by atoms with Gasteiger partial charge in [-0.05, 0) is 55.7 Å². The molecule has 1 atom stereocenters. The summed E-state index contributed by atoms with van der Waals surface area (Å²) in [7, 11) is 0. The summed E-state index contributed by atoms with van der Waals surface area (Å²) < 4.78 is 0. The zero-order valence-electron chi connectivity index (χ0n) is 22.9. The Labute approximate surface area is 231 Å². The van der Waals surface area contributed by atoms with E-state index in [1.165, 1.54) is 16.8 Å². The van der Waals surface area contributed by atoms with Crippen LogP contribution < -0.4 is 21.7 Å². The number of fused-ring (bicyclic) bond motifs is 3. The van der Waals surface area contributed by atoms with Crippen LogP contribution in [-0.2, 0) is 25.9 Å². The minimum atomic E-state index is -1.20. The van der Waals surface area contributed by atoms with Crippen molar-refractivity contribution in [3.05, 3.63) is 59.3 Å². The topological polar surface area (TPSA) is 140 Å². The van der Waals surface area contributed by atoms with Crippen molar-refractivity contribution in [2.45, 2.75) is 86.1 Å². The van der Waals surface area contributed by atoms with Crippen LogP contribution in [0.1, 0.15) is 91.7 Å². The van der Waals surface area contributed by atoms with Crippen LogP contribution in [0.2, 0.25) is 0 Å². The Bertz CT molecular complexity index is 944. The first-order valence-electron chi connectivity index (χ1n) is 11.8. The molecule has 0 fully saturated rings. The van der Waals surface area contributed by atoms with Gasteiger partial charge in [0.2, 0.25) is 0 Å². The summed E-state index contributed by atoms with van der Waals surface area (Å²) in [5, 5.41) is 22.8. The van der Waals surface area contributed by atoms with Crippen LogP contribution in [0.3, 0.4) is 0 Å². The number of amides is 1. The number of carboxylic acids is 1. The quantitative estimate of drug-likeness (QED) is 0.482. The summed E-state index contributed by atoms with van der Waals surface area (Å²) >= 11 is 0. The first-order valence-corrected chi connectivity index (χ1v) is 11.8. The molecule has 7 nitrogen and oxygen atoms in total. The Kier molecular flexibility index (Phi) is 15.1. The second kappa shape index (κ2) is 15.1. The molecule has 0 radical (unpaired) electrons. The van der Waals surface area contributed by atoms with Crippen LogP contribution in [0.15, 0.2) is 53.2 Å². The molecule has 2 aliphatic rings. The van der Waals surface area contributed by atoms with E-state index in [1.807, 2.05) is 27.0 Å². The summed E-state index contributed by atoms with van der Waals surface area (Å²) in [6.07, 6.45) is 9.67. The normalized spacial score (nSPS) is 15.6. The van der Waals surface area contributed by atoms with E-state index in [9.17, 15) is 19.8 Å². The van der Waals surface area contributed by atoms with Crippen LogP contribution in [0, 0.1) is 10.8 Å². The van der Waals surface area contributed by atoms with Crippen LogP contribution in [-0.4, -0.2) is 23.8 Å². The van der Waals surface area contributed by atoms with Crippen molar-refractivity contribution in [3.63, 3.8) is 0 Å². The molecule has 1 unspecified atom stereocenters. The molecule has 0 spiro atoms. The van der Waals surface area contributed by atoms with Gasteiger partial charge < -0.3 is 31.3 Å². The van der Waals surface area contributed by atoms with Crippen molar-refractivity contribution in [2.24, 2.45) is 15.8 Å². The molecule has 1 heterocycles. The average Bonchev–Trinajstić information content (AvgIpc) is 2.71. The molecule has 0 bridgehead atoms. The van der Waals surface area contributed by atoms with Crippen molar-refractivity contribution in [2.75, 3.05) is 0 Å². The van der Waals surface area contributed by atoms with E-state index in [4.69, 9.17) is 0 Å². The number of benzene rings is 1. The fourth-order valence-corrected chi connectivity index (χ4v) is 3.92. The largest absolute Gasteiger partial charge is 2.00 e. The number of nitrogens with zero attached hydrogens (tertiary/aromatic N) is 1. The number of hydrogen-bond acceptors (Lipinski definition) is 6. The maximum Gasteiger partial charge on any atom is 2.00 e. The van der Waals surface area contributed by atoms with Crippen molar-refractivity contribution >= 4 is 18.3 Å². The van der Waals surface area contributed by atoms with Gasteiger partial charge >= 0.3 is 21.1 Å². The minimum Gasteiger partial charge on any atom is -0.550 e. The average molecular weight is 681 g/mol. The van der Waals surface area contributed by atoms with Crippen molar-refractivity contribution in [3.8, 4) is 0 Å². The molecule has 36 heavy (non-hydrogen) atoms. The maximum atomic E-state index is 10.3. The maximum absolute atomic E-state index is 10.3. The van der Waals surface area contributed by atoms with Gasteiger partial charge in [0.05, 0.1) is 0 Å². The molecular formula is C28H43N3O4Pt. The fraction of sp³-hybridized carbons (Fsp3) is 0.536. The van der Waals surface area contributed by atoms with E-state index in [2.05, 4.69) is 73.6 Å². The van der Waals surface area contributed by atoms with Crippen molar-refractivity contribution in [1.82, 2.24) is 11.5 Å². The van der Waals surface area contributed by atoms with Crippen LogP contribution in [0.5, 0.6) is 0 Å². The number of carboxylic acid groups (broad SMARTS) is 2. The van der Waals surface area contributed by atoms with Gasteiger partial charge in [0.15, 0.2) is 0 Å². The zero-order valence-corrected chi connectivity index (χ0v) is 25.2. The Hall–Kier alpha value is -2.24. The molecule has 8 heteroatoms. The smallest absolute Gasteiger partial charge is 0.550 e. The molecule has 1 aromatic rings. The van der Waals surface area contributed by atoms with Gasteiger partial charge in [0, 0.05) is 34.8 Å². The van der Waals surface area contributed by atoms with Crippen molar-refractivity contribution < 1.29 is 40.9 Å². The second-order valence-electron chi connectivity index (χ2n) is 11.3. The molecular weight excluding hydrogens is 637 g/mol. The third kappa shape index (κ3) is 12.6. The molecule has 1 amide bonds. The number of carbonyl (C=O) groups is 2. The van der Waals surface area contributed by atoms with Gasteiger partial charge in [-0.1, -0.05) is 78.0 Å². The first kappa shape index (κ1) is 35.9. The molecule has 1 aliphatic heterocycles. The number of allylic oxidation sites excluding steroid dienone is 4. The van der Waals surface area contributed by atoms with E-state index in [-0.39, 0.29) is 32.6 Å². The Morgan fingerprint density at radius 1 is 1.06 bits per heavy atom. The predicted molar refractivity (Wildman–Crippen MR) is 139 cm³/mol. The number of rotatable bonds is 4. The van der Waals surface area contributed by atoms with E-state index in [0.29, 0.717) is 12.3 Å². The van der Waals surface area contributed by atoms with Gasteiger partial charge in [-0.15, -0.1) is 0 Å². The molecule has 4 N–H and O–H groups in total. The third-order valence-electron chi connectivity index (χ3n) is 5.71. The summed E-state index contributed by atoms with van der Waals surface area (Å²) in [5.74, 6) is -0.485. The van der Waals surface area contributed by atoms with E-state index >= 15 is 0 Å². The minimum absolute atomic E-state index is 0. The predicted octanol–water partition coefficient (Wildman–Crippen LogP) is 4.51. The second-order valence-corrected chi connectivity index (χ2v) is 11.3. The number of aliphatic imine (C=N–C) groups is 1. The summed E-state index contributed by atoms with van der Waals surface area (Å²) in [5.41, 5.74) is 2.94. The number of carbonyl (C=O) groups excluding carboxylic acids is 2. The van der Waals surface area contributed by atoms with E-state index in [0.717, 1.165) is 12.8 Å².